The number of carboxylic acids is 1. The molecule has 0 aliphatic rings. The highest BCUT2D eigenvalue weighted by molar-refractivity contribution is 9.10. The molecule has 0 spiro atoms. The second kappa shape index (κ2) is 5.54. The highest BCUT2D eigenvalue weighted by Crippen LogP contribution is 2.28. The number of carboxylic acid groups (broad SMARTS) is 1. The molecule has 0 bridgehead atoms. The molecule has 0 aliphatic heterocycles. The molecule has 0 radical (unpaired) electrons. The van der Waals surface area contributed by atoms with Gasteiger partial charge in [0.15, 0.2) is 0 Å². The maximum Gasteiger partial charge on any atom is 0.335 e. The first-order chi connectivity index (χ1) is 10.1. The number of halogens is 1. The van der Waals surface area contributed by atoms with Gasteiger partial charge in [0.05, 0.1) is 17.4 Å². The van der Waals surface area contributed by atoms with E-state index in [4.69, 9.17) is 5.11 Å². The van der Waals surface area contributed by atoms with E-state index in [-0.39, 0.29) is 5.56 Å². The van der Waals surface area contributed by atoms with Crippen LogP contribution in [0.15, 0.2) is 65.4 Å². The zero-order valence-electron chi connectivity index (χ0n) is 10.9. The van der Waals surface area contributed by atoms with Gasteiger partial charge in [-0.25, -0.2) is 9.48 Å². The number of carbonyl (C=O) groups is 1. The van der Waals surface area contributed by atoms with Crippen molar-refractivity contribution in [1.29, 1.82) is 0 Å². The van der Waals surface area contributed by atoms with E-state index in [1.807, 2.05) is 36.5 Å². The Kier molecular flexibility index (Phi) is 3.58. The van der Waals surface area contributed by atoms with Crippen molar-refractivity contribution < 1.29 is 9.90 Å². The average Bonchev–Trinajstić information content (AvgIpc) is 2.97. The summed E-state index contributed by atoms with van der Waals surface area (Å²) in [4.78, 5) is 11.0. The predicted octanol–water partition coefficient (Wildman–Crippen LogP) is 4.00. The van der Waals surface area contributed by atoms with Gasteiger partial charge in [0.2, 0.25) is 0 Å². The molecule has 1 aromatic heterocycles. The summed E-state index contributed by atoms with van der Waals surface area (Å²) in [6, 6.07) is 14.6. The minimum atomic E-state index is -0.949. The lowest BCUT2D eigenvalue weighted by Crippen LogP contribution is -1.99. The first kappa shape index (κ1) is 13.6. The standard InChI is InChI=1S/C16H11BrN2O2/c17-15-7-2-1-6-14(15)12-9-18-19(10-12)13-5-3-4-11(8-13)16(20)21/h1-10H,(H,20,21). The van der Waals surface area contributed by atoms with Crippen molar-refractivity contribution in [2.45, 2.75) is 0 Å². The van der Waals surface area contributed by atoms with Crippen LogP contribution >= 0.6 is 15.9 Å². The molecule has 3 aromatic rings. The number of benzene rings is 2. The minimum absolute atomic E-state index is 0.241. The molecule has 5 heteroatoms. The van der Waals surface area contributed by atoms with Gasteiger partial charge < -0.3 is 5.11 Å². The number of rotatable bonds is 3. The van der Waals surface area contributed by atoms with E-state index in [9.17, 15) is 4.79 Å². The third-order valence-electron chi connectivity index (χ3n) is 3.13. The lowest BCUT2D eigenvalue weighted by molar-refractivity contribution is 0.0697. The van der Waals surface area contributed by atoms with Gasteiger partial charge in [0.25, 0.3) is 0 Å². The molecule has 0 fully saturated rings. The minimum Gasteiger partial charge on any atom is -0.478 e. The maximum atomic E-state index is 11.0. The smallest absolute Gasteiger partial charge is 0.335 e. The van der Waals surface area contributed by atoms with Gasteiger partial charge >= 0.3 is 5.97 Å². The Morgan fingerprint density at radius 3 is 2.71 bits per heavy atom. The molecule has 0 amide bonds. The third kappa shape index (κ3) is 2.73. The topological polar surface area (TPSA) is 55.1 Å². The summed E-state index contributed by atoms with van der Waals surface area (Å²) in [7, 11) is 0. The van der Waals surface area contributed by atoms with Crippen LogP contribution in [0.3, 0.4) is 0 Å². The molecule has 3 rings (SSSR count). The Labute approximate surface area is 129 Å². The highest BCUT2D eigenvalue weighted by Gasteiger charge is 2.08. The van der Waals surface area contributed by atoms with Crippen molar-refractivity contribution in [3.63, 3.8) is 0 Å². The van der Waals surface area contributed by atoms with E-state index < -0.39 is 5.97 Å². The normalized spacial score (nSPS) is 10.5. The van der Waals surface area contributed by atoms with Gasteiger partial charge in [-0.2, -0.15) is 5.10 Å². The zero-order valence-corrected chi connectivity index (χ0v) is 12.5. The summed E-state index contributed by atoms with van der Waals surface area (Å²) in [6.07, 6.45) is 3.63. The molecule has 0 saturated heterocycles. The van der Waals surface area contributed by atoms with Gasteiger partial charge in [-0.15, -0.1) is 0 Å². The van der Waals surface area contributed by atoms with Gasteiger partial charge in [-0.05, 0) is 29.8 Å². The largest absolute Gasteiger partial charge is 0.478 e. The van der Waals surface area contributed by atoms with Gasteiger partial charge in [0.1, 0.15) is 0 Å². The Hall–Kier alpha value is -2.40. The Bertz CT molecular complexity index is 811. The molecule has 21 heavy (non-hydrogen) atoms. The van der Waals surface area contributed by atoms with Crippen LogP contribution in [0.5, 0.6) is 0 Å². The molecule has 0 aliphatic carbocycles. The van der Waals surface area contributed by atoms with Crippen LogP contribution in [0.25, 0.3) is 16.8 Å². The summed E-state index contributed by atoms with van der Waals surface area (Å²) in [6.45, 7) is 0. The highest BCUT2D eigenvalue weighted by atomic mass is 79.9. The number of hydrogen-bond acceptors (Lipinski definition) is 2. The third-order valence-corrected chi connectivity index (χ3v) is 3.82. The van der Waals surface area contributed by atoms with Crippen molar-refractivity contribution in [3.8, 4) is 16.8 Å². The monoisotopic (exact) mass is 342 g/mol. The first-order valence-electron chi connectivity index (χ1n) is 6.28. The average molecular weight is 343 g/mol. The van der Waals surface area contributed by atoms with Crippen molar-refractivity contribution in [2.24, 2.45) is 0 Å². The van der Waals surface area contributed by atoms with Crippen molar-refractivity contribution >= 4 is 21.9 Å². The first-order valence-corrected chi connectivity index (χ1v) is 7.08. The molecular formula is C16H11BrN2O2. The van der Waals surface area contributed by atoms with Crippen LogP contribution in [-0.4, -0.2) is 20.9 Å². The summed E-state index contributed by atoms with van der Waals surface area (Å²) in [5, 5.41) is 13.3. The fraction of sp³-hybridized carbons (Fsp3) is 0. The fourth-order valence-electron chi connectivity index (χ4n) is 2.08. The van der Waals surface area contributed by atoms with E-state index in [1.165, 1.54) is 0 Å². The predicted molar refractivity (Wildman–Crippen MR) is 83.7 cm³/mol. The number of aromatic nitrogens is 2. The molecule has 104 valence electrons. The van der Waals surface area contributed by atoms with E-state index in [1.54, 1.807) is 29.1 Å². The van der Waals surface area contributed by atoms with Crippen LogP contribution in [-0.2, 0) is 0 Å². The van der Waals surface area contributed by atoms with Crippen molar-refractivity contribution in [1.82, 2.24) is 9.78 Å². The number of nitrogens with zero attached hydrogens (tertiary/aromatic N) is 2. The summed E-state index contributed by atoms with van der Waals surface area (Å²) in [5.41, 5.74) is 2.96. The van der Waals surface area contributed by atoms with Crippen molar-refractivity contribution in [3.05, 3.63) is 71.0 Å². The van der Waals surface area contributed by atoms with Gasteiger partial charge in [-0.1, -0.05) is 40.2 Å². The van der Waals surface area contributed by atoms with Crippen LogP contribution in [0.1, 0.15) is 10.4 Å². The van der Waals surface area contributed by atoms with E-state index in [0.717, 1.165) is 15.6 Å². The van der Waals surface area contributed by atoms with Gasteiger partial charge in [-0.3, -0.25) is 0 Å². The lowest BCUT2D eigenvalue weighted by atomic mass is 10.1. The fourth-order valence-corrected chi connectivity index (χ4v) is 2.59. The second-order valence-corrected chi connectivity index (χ2v) is 5.36. The summed E-state index contributed by atoms with van der Waals surface area (Å²) >= 11 is 3.51. The Morgan fingerprint density at radius 2 is 1.95 bits per heavy atom. The van der Waals surface area contributed by atoms with E-state index in [0.29, 0.717) is 5.69 Å². The van der Waals surface area contributed by atoms with E-state index in [2.05, 4.69) is 21.0 Å². The van der Waals surface area contributed by atoms with Crippen LogP contribution in [0.4, 0.5) is 0 Å². The lowest BCUT2D eigenvalue weighted by Gasteiger charge is -2.03. The molecule has 0 atom stereocenters. The molecular weight excluding hydrogens is 332 g/mol. The van der Waals surface area contributed by atoms with E-state index >= 15 is 0 Å². The summed E-state index contributed by atoms with van der Waals surface area (Å²) < 4.78 is 2.66. The van der Waals surface area contributed by atoms with Gasteiger partial charge in [0, 0.05) is 16.2 Å². The second-order valence-electron chi connectivity index (χ2n) is 4.51. The maximum absolute atomic E-state index is 11.0. The molecule has 0 unspecified atom stereocenters. The van der Waals surface area contributed by atoms with Crippen molar-refractivity contribution in [2.75, 3.05) is 0 Å². The SMILES string of the molecule is O=C(O)c1cccc(-n2cc(-c3ccccc3Br)cn2)c1. The molecule has 1 N–H and O–H groups in total. The zero-order chi connectivity index (χ0) is 14.8. The molecule has 4 nitrogen and oxygen atoms in total. The summed E-state index contributed by atoms with van der Waals surface area (Å²) in [5.74, 6) is -0.949. The van der Waals surface area contributed by atoms with Crippen LogP contribution in [0.2, 0.25) is 0 Å². The quantitative estimate of drug-likeness (QED) is 0.782. The molecule has 2 aromatic carbocycles. The Balaban J connectivity index is 2.01. The van der Waals surface area contributed by atoms with Crippen LogP contribution < -0.4 is 0 Å². The number of hydrogen-bond donors (Lipinski definition) is 1. The van der Waals surface area contributed by atoms with Crippen LogP contribution in [0, 0.1) is 0 Å². The molecule has 0 saturated carbocycles. The molecule has 1 heterocycles. The Morgan fingerprint density at radius 1 is 1.14 bits per heavy atom. The number of aromatic carboxylic acids is 1.